The van der Waals surface area contributed by atoms with Crippen molar-refractivity contribution in [3.63, 3.8) is 0 Å². The Morgan fingerprint density at radius 2 is 1.63 bits per heavy atom. The summed E-state index contributed by atoms with van der Waals surface area (Å²) < 4.78 is 64.0. The Labute approximate surface area is 253 Å². The molecule has 2 aromatic heterocycles. The van der Waals surface area contributed by atoms with Crippen molar-refractivity contribution in [1.29, 1.82) is 0 Å². The average molecular weight is 632 g/mol. The first-order valence-corrected chi connectivity index (χ1v) is 17.9. The van der Waals surface area contributed by atoms with Gasteiger partial charge in [0.1, 0.15) is 5.82 Å². The van der Waals surface area contributed by atoms with Gasteiger partial charge in [-0.1, -0.05) is 45.1 Å². The minimum absolute atomic E-state index is 0.0626. The predicted octanol–water partition coefficient (Wildman–Crippen LogP) is 4.82. The van der Waals surface area contributed by atoms with E-state index in [1.54, 1.807) is 24.3 Å². The Morgan fingerprint density at radius 3 is 2.21 bits per heavy atom. The number of anilines is 1. The molecule has 1 aliphatic carbocycles. The summed E-state index contributed by atoms with van der Waals surface area (Å²) in [5, 5.41) is 20.7. The van der Waals surface area contributed by atoms with Crippen molar-refractivity contribution in [2.45, 2.75) is 71.0 Å². The number of aromatic nitrogens is 2. The van der Waals surface area contributed by atoms with Gasteiger partial charge in [-0.3, -0.25) is 4.98 Å². The Balaban J connectivity index is 1.99. The summed E-state index contributed by atoms with van der Waals surface area (Å²) in [7, 11) is -8.34. The minimum atomic E-state index is -4.17. The fourth-order valence-corrected chi connectivity index (χ4v) is 8.28. The van der Waals surface area contributed by atoms with Gasteiger partial charge in [0.05, 0.1) is 41.8 Å². The molecule has 0 saturated heterocycles. The molecule has 0 fully saturated rings. The second-order valence-electron chi connectivity index (χ2n) is 11.2. The molecule has 2 N–H and O–H groups in total. The van der Waals surface area contributed by atoms with Gasteiger partial charge in [0.2, 0.25) is 20.0 Å². The van der Waals surface area contributed by atoms with Crippen LogP contribution in [0, 0.1) is 5.82 Å². The number of hydrogen-bond donors (Lipinski definition) is 2. The van der Waals surface area contributed by atoms with Crippen LogP contribution in [0.5, 0.6) is 0 Å². The van der Waals surface area contributed by atoms with Gasteiger partial charge >= 0.3 is 0 Å². The van der Waals surface area contributed by atoms with Gasteiger partial charge in [0, 0.05) is 17.5 Å². The Morgan fingerprint density at radius 1 is 0.977 bits per heavy atom. The lowest BCUT2D eigenvalue weighted by atomic mass is 9.86. The molecule has 9 nitrogen and oxygen atoms in total. The lowest BCUT2D eigenvalue weighted by Crippen LogP contribution is -2.36. The smallest absolute Gasteiger partial charge is 0.246 e. The molecule has 12 heteroatoms. The van der Waals surface area contributed by atoms with Crippen LogP contribution >= 0.6 is 0 Å². The fourth-order valence-electron chi connectivity index (χ4n) is 5.43. The maximum atomic E-state index is 14.0. The lowest BCUT2D eigenvalue weighted by Gasteiger charge is -2.23. The van der Waals surface area contributed by atoms with E-state index in [0.29, 0.717) is 46.3 Å². The average Bonchev–Trinajstić information content (AvgIpc) is 3.08. The van der Waals surface area contributed by atoms with Gasteiger partial charge in [0.25, 0.3) is 0 Å². The van der Waals surface area contributed by atoms with Crippen molar-refractivity contribution < 1.29 is 31.4 Å². The molecule has 0 aliphatic heterocycles. The fraction of sp³-hybridized carbons (Fsp3) is 0.419. The monoisotopic (exact) mass is 631 g/mol. The molecule has 2 heterocycles. The number of hydrogen-bond acceptors (Lipinski definition) is 8. The maximum Gasteiger partial charge on any atom is 0.246 e. The first-order chi connectivity index (χ1) is 20.1. The highest BCUT2D eigenvalue weighted by Crippen LogP contribution is 2.42. The number of sulfonamides is 2. The molecule has 0 saturated carbocycles. The highest BCUT2D eigenvalue weighted by atomic mass is 32.3. The SMILES string of the molecule is CC[C@H](O)C[C@H](O)/C=C/c1c(C(C)C)nc2c(c1-c1ccc(F)cc1)CCCc1nc(N(S(C)(=O)=O)S(C)(=O)=O)ccc1-2. The van der Waals surface area contributed by atoms with E-state index in [0.717, 1.165) is 40.5 Å². The Bertz CT molecular complexity index is 1710. The van der Waals surface area contributed by atoms with Gasteiger partial charge in [-0.25, -0.2) is 26.2 Å². The topological polar surface area (TPSA) is 138 Å². The van der Waals surface area contributed by atoms with Gasteiger partial charge in [-0.2, -0.15) is 0 Å². The number of halogens is 1. The number of aliphatic hydroxyl groups excluding tert-OH is 2. The van der Waals surface area contributed by atoms with Gasteiger partial charge in [0.15, 0.2) is 5.82 Å². The normalized spacial score (nSPS) is 15.2. The summed E-state index contributed by atoms with van der Waals surface area (Å²) >= 11 is 0. The molecule has 0 spiro atoms. The molecular weight excluding hydrogens is 593 g/mol. The van der Waals surface area contributed by atoms with Crippen molar-refractivity contribution >= 4 is 31.9 Å². The zero-order valence-corrected chi connectivity index (χ0v) is 26.6. The van der Waals surface area contributed by atoms with Crippen molar-refractivity contribution in [2.24, 2.45) is 0 Å². The lowest BCUT2D eigenvalue weighted by molar-refractivity contribution is 0.102. The van der Waals surface area contributed by atoms with Crippen LogP contribution in [0.2, 0.25) is 0 Å². The van der Waals surface area contributed by atoms with E-state index in [9.17, 15) is 31.4 Å². The highest BCUT2D eigenvalue weighted by Gasteiger charge is 2.31. The zero-order valence-electron chi connectivity index (χ0n) is 24.9. The molecule has 4 rings (SSSR count). The third-order valence-corrected chi connectivity index (χ3v) is 10.6. The maximum absolute atomic E-state index is 14.0. The molecule has 43 heavy (non-hydrogen) atoms. The first-order valence-electron chi connectivity index (χ1n) is 14.2. The summed E-state index contributed by atoms with van der Waals surface area (Å²) in [4.78, 5) is 9.62. The van der Waals surface area contributed by atoms with Crippen LogP contribution in [-0.4, -0.2) is 61.7 Å². The van der Waals surface area contributed by atoms with Crippen LogP contribution in [0.25, 0.3) is 28.5 Å². The van der Waals surface area contributed by atoms with Crippen LogP contribution in [-0.2, 0) is 32.9 Å². The number of benzene rings is 1. The summed E-state index contributed by atoms with van der Waals surface area (Å²) in [5.41, 5.74) is 5.80. The number of pyridine rings is 2. The standard InChI is InChI=1S/C31H38FN3O6S2/c1-6-22(36)18-23(37)14-15-26-29(20-10-12-21(32)13-11-20)25-8-7-9-27-24(31(25)34-30(26)19(2)3)16-17-28(33-27)35(42(4,38)39)43(5,40)41/h10-17,19,22-23,36-37H,6-9,18H2,1-5H3/b15-14+/t22-,23+/m0/s1. The van der Waals surface area contributed by atoms with Crippen molar-refractivity contribution in [1.82, 2.24) is 9.97 Å². The van der Waals surface area contributed by atoms with E-state index in [-0.39, 0.29) is 24.0 Å². The second-order valence-corrected chi connectivity index (χ2v) is 15.1. The van der Waals surface area contributed by atoms with Gasteiger partial charge < -0.3 is 10.2 Å². The molecule has 1 aliphatic rings. The first kappa shape index (κ1) is 32.7. The Hall–Kier alpha value is -3.19. The van der Waals surface area contributed by atoms with Crippen molar-refractivity contribution in [2.75, 3.05) is 16.2 Å². The summed E-state index contributed by atoms with van der Waals surface area (Å²) in [5.74, 6) is -0.650. The summed E-state index contributed by atoms with van der Waals surface area (Å²) in [6.07, 6.45) is 5.90. The van der Waals surface area contributed by atoms with E-state index in [1.807, 2.05) is 26.8 Å². The second kappa shape index (κ2) is 12.8. The van der Waals surface area contributed by atoms with E-state index in [4.69, 9.17) is 4.98 Å². The molecular formula is C31H38FN3O6S2. The van der Waals surface area contributed by atoms with Crippen molar-refractivity contribution in [3.8, 4) is 22.4 Å². The molecule has 0 unspecified atom stereocenters. The van der Waals surface area contributed by atoms with Gasteiger partial charge in [-0.05, 0) is 72.6 Å². The van der Waals surface area contributed by atoms with E-state index >= 15 is 0 Å². The van der Waals surface area contributed by atoms with Crippen LogP contribution in [0.3, 0.4) is 0 Å². The minimum Gasteiger partial charge on any atom is -0.393 e. The van der Waals surface area contributed by atoms with Gasteiger partial charge in [-0.15, -0.1) is 3.71 Å². The molecule has 232 valence electrons. The van der Waals surface area contributed by atoms with Crippen LogP contribution < -0.4 is 3.71 Å². The number of fused-ring (bicyclic) bond motifs is 3. The molecule has 1 aromatic carbocycles. The van der Waals surface area contributed by atoms with Crippen LogP contribution in [0.4, 0.5) is 10.2 Å². The highest BCUT2D eigenvalue weighted by molar-refractivity contribution is 8.09. The number of aliphatic hydroxyl groups is 2. The third-order valence-electron chi connectivity index (χ3n) is 7.36. The predicted molar refractivity (Wildman–Crippen MR) is 167 cm³/mol. The van der Waals surface area contributed by atoms with Crippen molar-refractivity contribution in [3.05, 3.63) is 70.8 Å². The van der Waals surface area contributed by atoms with E-state index < -0.39 is 32.3 Å². The zero-order chi connectivity index (χ0) is 31.7. The molecule has 0 amide bonds. The summed E-state index contributed by atoms with van der Waals surface area (Å²) in [6, 6.07) is 9.21. The molecule has 2 atom stereocenters. The number of nitrogens with zero attached hydrogens (tertiary/aromatic N) is 3. The Kier molecular flexibility index (Phi) is 9.75. The van der Waals surface area contributed by atoms with Crippen LogP contribution in [0.15, 0.2) is 42.5 Å². The van der Waals surface area contributed by atoms with E-state index in [1.165, 1.54) is 18.2 Å². The van der Waals surface area contributed by atoms with E-state index in [2.05, 4.69) is 4.98 Å². The third kappa shape index (κ3) is 7.31. The number of rotatable bonds is 10. The molecule has 3 aromatic rings. The van der Waals surface area contributed by atoms with Crippen LogP contribution in [0.1, 0.15) is 68.5 Å². The quantitative estimate of drug-likeness (QED) is 0.325. The largest absolute Gasteiger partial charge is 0.393 e. The molecule has 0 radical (unpaired) electrons. The summed E-state index contributed by atoms with van der Waals surface area (Å²) in [6.45, 7) is 5.83. The molecule has 0 bridgehead atoms. The number of aryl methyl sites for hydroxylation is 1.